The molecule has 1 fully saturated rings. The van der Waals surface area contributed by atoms with E-state index in [-0.39, 0.29) is 17.6 Å². The van der Waals surface area contributed by atoms with Gasteiger partial charge in [-0.05, 0) is 25.0 Å². The summed E-state index contributed by atoms with van der Waals surface area (Å²) in [6, 6.07) is 3.40. The van der Waals surface area contributed by atoms with Gasteiger partial charge in [-0.15, -0.1) is 0 Å². The van der Waals surface area contributed by atoms with Crippen LogP contribution >= 0.6 is 23.2 Å². The Bertz CT molecular complexity index is 907. The van der Waals surface area contributed by atoms with Gasteiger partial charge in [0.25, 0.3) is 0 Å². The molecule has 1 aromatic heterocycles. The van der Waals surface area contributed by atoms with Gasteiger partial charge >= 0.3 is 0 Å². The summed E-state index contributed by atoms with van der Waals surface area (Å²) in [4.78, 5) is 17.1. The highest BCUT2D eigenvalue weighted by Crippen LogP contribution is 2.46. The molecule has 2 aliphatic heterocycles. The van der Waals surface area contributed by atoms with Gasteiger partial charge in [0, 0.05) is 43.0 Å². The van der Waals surface area contributed by atoms with Gasteiger partial charge in [-0.1, -0.05) is 23.2 Å². The minimum Gasteiger partial charge on any atom is -0.493 e. The van der Waals surface area contributed by atoms with Crippen LogP contribution in [-0.4, -0.2) is 44.3 Å². The molecule has 2 aliphatic rings. The Hall–Kier alpha value is -2.02. The molecule has 0 unspecified atom stereocenters. The number of carbonyl (C=O) groups excluding carboxylic acids is 1. The van der Waals surface area contributed by atoms with Crippen molar-refractivity contribution in [1.29, 1.82) is 0 Å². The number of benzene rings is 1. The van der Waals surface area contributed by atoms with Gasteiger partial charge in [-0.2, -0.15) is 0 Å². The third kappa shape index (κ3) is 4.02. The van der Waals surface area contributed by atoms with Crippen molar-refractivity contribution in [2.45, 2.75) is 19.3 Å². The summed E-state index contributed by atoms with van der Waals surface area (Å²) < 4.78 is 23.2. The van der Waals surface area contributed by atoms with Crippen molar-refractivity contribution in [3.05, 3.63) is 45.7 Å². The van der Waals surface area contributed by atoms with Gasteiger partial charge in [0.05, 0.1) is 35.9 Å². The van der Waals surface area contributed by atoms with Crippen LogP contribution in [0, 0.1) is 5.41 Å². The van der Waals surface area contributed by atoms with E-state index in [0.29, 0.717) is 64.8 Å². The second-order valence-electron chi connectivity index (χ2n) is 7.35. The topological polar surface area (TPSA) is 66.9 Å². The van der Waals surface area contributed by atoms with E-state index in [1.54, 1.807) is 19.2 Å². The van der Waals surface area contributed by atoms with Crippen molar-refractivity contribution in [2.75, 3.05) is 33.5 Å². The van der Waals surface area contributed by atoms with E-state index < -0.39 is 0 Å². The molecule has 0 atom stereocenters. The molecule has 6 nitrogen and oxygen atoms in total. The zero-order chi connectivity index (χ0) is 20.4. The lowest BCUT2D eigenvalue weighted by atomic mass is 9.82. The van der Waals surface area contributed by atoms with E-state index in [9.17, 15) is 4.79 Å². The SMILES string of the molecule is COc1ccc(C(=O)Cc2c(Cl)cncc2Cl)c2c1OCC1(CCOCC1)CO2. The summed E-state index contributed by atoms with van der Waals surface area (Å²) in [6.45, 7) is 2.28. The molecule has 154 valence electrons. The molecule has 1 spiro atoms. The number of hydrogen-bond acceptors (Lipinski definition) is 6. The van der Waals surface area contributed by atoms with Crippen LogP contribution in [0.4, 0.5) is 0 Å². The predicted molar refractivity (Wildman–Crippen MR) is 109 cm³/mol. The number of carbonyl (C=O) groups is 1. The number of rotatable bonds is 4. The lowest BCUT2D eigenvalue weighted by Crippen LogP contribution is -2.39. The van der Waals surface area contributed by atoms with Crippen LogP contribution in [0.2, 0.25) is 10.0 Å². The molecule has 0 aliphatic carbocycles. The minimum absolute atomic E-state index is 0.0291. The third-order valence-corrected chi connectivity index (χ3v) is 6.14. The number of pyridine rings is 1. The molecule has 0 radical (unpaired) electrons. The molecule has 29 heavy (non-hydrogen) atoms. The molecule has 0 amide bonds. The number of Topliss-reactive ketones (excluding diaryl/α,β-unsaturated/α-hetero) is 1. The Labute approximate surface area is 179 Å². The van der Waals surface area contributed by atoms with Gasteiger partial charge in [0.1, 0.15) is 0 Å². The Balaban J connectivity index is 1.67. The average molecular weight is 438 g/mol. The number of halogens is 2. The molecule has 3 heterocycles. The van der Waals surface area contributed by atoms with Crippen LogP contribution in [0.1, 0.15) is 28.8 Å². The van der Waals surface area contributed by atoms with Crippen molar-refractivity contribution in [3.8, 4) is 17.2 Å². The van der Waals surface area contributed by atoms with Crippen molar-refractivity contribution in [3.63, 3.8) is 0 Å². The summed E-state index contributed by atoms with van der Waals surface area (Å²) in [6.07, 6.45) is 4.66. The third-order valence-electron chi connectivity index (χ3n) is 5.48. The Kier molecular flexibility index (Phi) is 5.86. The number of hydrogen-bond donors (Lipinski definition) is 0. The summed E-state index contributed by atoms with van der Waals surface area (Å²) in [7, 11) is 1.56. The Morgan fingerprint density at radius 1 is 1.10 bits per heavy atom. The van der Waals surface area contributed by atoms with Gasteiger partial charge in [-0.25, -0.2) is 0 Å². The van der Waals surface area contributed by atoms with Crippen LogP contribution in [-0.2, 0) is 11.2 Å². The number of nitrogens with zero attached hydrogens (tertiary/aromatic N) is 1. The highest BCUT2D eigenvalue weighted by molar-refractivity contribution is 6.36. The highest BCUT2D eigenvalue weighted by atomic mass is 35.5. The van der Waals surface area contributed by atoms with Crippen molar-refractivity contribution >= 4 is 29.0 Å². The molecular weight excluding hydrogens is 417 g/mol. The fourth-order valence-corrected chi connectivity index (χ4v) is 4.15. The summed E-state index contributed by atoms with van der Waals surface area (Å²) in [5, 5.41) is 0.701. The van der Waals surface area contributed by atoms with Crippen LogP contribution < -0.4 is 14.2 Å². The normalized spacial score (nSPS) is 17.6. The Morgan fingerprint density at radius 3 is 2.41 bits per heavy atom. The molecule has 1 saturated heterocycles. The predicted octanol–water partition coefficient (Wildman–Crippen LogP) is 4.39. The van der Waals surface area contributed by atoms with Gasteiger partial charge < -0.3 is 18.9 Å². The molecule has 0 N–H and O–H groups in total. The zero-order valence-electron chi connectivity index (χ0n) is 16.0. The first kappa shape index (κ1) is 20.3. The first-order valence-corrected chi connectivity index (χ1v) is 10.1. The molecule has 0 saturated carbocycles. The van der Waals surface area contributed by atoms with E-state index in [4.69, 9.17) is 42.1 Å². The van der Waals surface area contributed by atoms with E-state index in [0.717, 1.165) is 12.8 Å². The molecule has 2 aromatic rings. The standard InChI is InChI=1S/C21H21Cl2NO5/c1-26-18-3-2-13(17(25)8-14-15(22)9-24-10-16(14)23)19-20(18)29-12-21(11-28-19)4-6-27-7-5-21/h2-3,9-10H,4-8,11-12H2,1H3. The zero-order valence-corrected chi connectivity index (χ0v) is 17.5. The smallest absolute Gasteiger partial charge is 0.204 e. The fraction of sp³-hybridized carbons (Fsp3) is 0.429. The molecule has 8 heteroatoms. The molecular formula is C21H21Cl2NO5. The van der Waals surface area contributed by atoms with Crippen LogP contribution in [0.5, 0.6) is 17.2 Å². The summed E-state index contributed by atoms with van der Waals surface area (Å²) >= 11 is 12.4. The number of ketones is 1. The van der Waals surface area contributed by atoms with E-state index in [1.165, 1.54) is 12.4 Å². The van der Waals surface area contributed by atoms with Crippen molar-refractivity contribution in [2.24, 2.45) is 5.41 Å². The maximum absolute atomic E-state index is 13.1. The maximum Gasteiger partial charge on any atom is 0.204 e. The number of methoxy groups -OCH3 is 1. The fourth-order valence-electron chi connectivity index (χ4n) is 3.65. The van der Waals surface area contributed by atoms with Crippen LogP contribution in [0.15, 0.2) is 24.5 Å². The number of aromatic nitrogens is 1. The van der Waals surface area contributed by atoms with Crippen molar-refractivity contribution < 1.29 is 23.7 Å². The first-order valence-electron chi connectivity index (χ1n) is 9.38. The second kappa shape index (κ2) is 8.38. The molecule has 1 aromatic carbocycles. The molecule has 4 rings (SSSR count). The van der Waals surface area contributed by atoms with E-state index in [2.05, 4.69) is 4.98 Å². The largest absolute Gasteiger partial charge is 0.493 e. The second-order valence-corrected chi connectivity index (χ2v) is 8.16. The van der Waals surface area contributed by atoms with Crippen LogP contribution in [0.25, 0.3) is 0 Å². The van der Waals surface area contributed by atoms with E-state index >= 15 is 0 Å². The summed E-state index contributed by atoms with van der Waals surface area (Å²) in [5.74, 6) is 1.21. The minimum atomic E-state index is -0.176. The quantitative estimate of drug-likeness (QED) is 0.660. The van der Waals surface area contributed by atoms with Crippen molar-refractivity contribution in [1.82, 2.24) is 4.98 Å². The van der Waals surface area contributed by atoms with Gasteiger partial charge in [-0.3, -0.25) is 9.78 Å². The summed E-state index contributed by atoms with van der Waals surface area (Å²) in [5.41, 5.74) is 0.808. The first-order chi connectivity index (χ1) is 14.0. The Morgan fingerprint density at radius 2 is 1.76 bits per heavy atom. The number of ether oxygens (including phenoxy) is 4. The monoisotopic (exact) mass is 437 g/mol. The number of fused-ring (bicyclic) bond motifs is 1. The van der Waals surface area contributed by atoms with Gasteiger partial charge in [0.15, 0.2) is 17.3 Å². The van der Waals surface area contributed by atoms with E-state index in [1.807, 2.05) is 0 Å². The highest BCUT2D eigenvalue weighted by Gasteiger charge is 2.38. The lowest BCUT2D eigenvalue weighted by Gasteiger charge is -2.34. The van der Waals surface area contributed by atoms with Gasteiger partial charge in [0.2, 0.25) is 5.75 Å². The van der Waals surface area contributed by atoms with Crippen LogP contribution in [0.3, 0.4) is 0 Å². The lowest BCUT2D eigenvalue weighted by molar-refractivity contribution is -0.0254. The maximum atomic E-state index is 13.1. The molecule has 0 bridgehead atoms. The average Bonchev–Trinajstić information content (AvgIpc) is 2.91.